The maximum atomic E-state index is 2.34. The van der Waals surface area contributed by atoms with E-state index in [0.717, 1.165) is 8.19 Å². The van der Waals surface area contributed by atoms with E-state index >= 15 is 0 Å². The molecule has 1 heteroatoms. The lowest BCUT2D eigenvalue weighted by molar-refractivity contribution is 1.15. The fraction of sp³-hybridized carbons (Fsp3) is 0.500. The first-order valence-corrected chi connectivity index (χ1v) is 4.47. The van der Waals surface area contributed by atoms with Gasteiger partial charge in [-0.2, -0.15) is 0 Å². The van der Waals surface area contributed by atoms with Crippen molar-refractivity contribution >= 4 is 8.19 Å². The Bertz CT molecular complexity index is 198. The predicted molar refractivity (Wildman–Crippen MR) is 44.8 cm³/mol. The molecule has 0 radical (unpaired) electrons. The van der Waals surface area contributed by atoms with Crippen LogP contribution in [-0.4, -0.2) is 0 Å². The molecule has 1 aromatic rings. The van der Waals surface area contributed by atoms with E-state index in [9.17, 15) is 0 Å². The first-order valence-electron chi connectivity index (χ1n) is 3.39. The third kappa shape index (κ3) is 1.19. The van der Waals surface area contributed by atoms with Gasteiger partial charge in [-0.05, 0) is 42.5 Å². The number of hydrogen-bond donors (Lipinski definition) is 0. The van der Waals surface area contributed by atoms with Gasteiger partial charge in [-0.25, -0.2) is 0 Å². The summed E-state index contributed by atoms with van der Waals surface area (Å²) in [7, 11) is 0.978. The second-order valence-corrected chi connectivity index (χ2v) is 3.61. The van der Waals surface area contributed by atoms with Crippen LogP contribution in [0.3, 0.4) is 0 Å². The van der Waals surface area contributed by atoms with Gasteiger partial charge >= 0.3 is 0 Å². The fourth-order valence-electron chi connectivity index (χ4n) is 1.02. The molecule has 0 saturated carbocycles. The van der Waals surface area contributed by atoms with Crippen molar-refractivity contribution in [2.24, 2.45) is 0 Å². The molecule has 9 heavy (non-hydrogen) atoms. The van der Waals surface area contributed by atoms with Crippen molar-refractivity contribution in [3.63, 3.8) is 0 Å². The van der Waals surface area contributed by atoms with Gasteiger partial charge in [-0.1, -0.05) is 6.92 Å². The lowest BCUT2D eigenvalue weighted by Gasteiger charge is -1.92. The zero-order chi connectivity index (χ0) is 6.85. The highest BCUT2D eigenvalue weighted by Crippen LogP contribution is 2.25. The summed E-state index contributed by atoms with van der Waals surface area (Å²) in [5.74, 6) is 2.34. The Balaban J connectivity index is 3.04. The minimum atomic E-state index is 0.978. The highest BCUT2D eigenvalue weighted by molar-refractivity contribution is 7.30. The lowest BCUT2D eigenvalue weighted by Crippen LogP contribution is -1.77. The number of hydrogen-bond acceptors (Lipinski definition) is 0. The second kappa shape index (κ2) is 2.58. The molecule has 1 aromatic heterocycles. The topological polar surface area (TPSA) is 0 Å². The van der Waals surface area contributed by atoms with Crippen molar-refractivity contribution in [1.29, 1.82) is 0 Å². The summed E-state index contributed by atoms with van der Waals surface area (Å²) in [6.45, 7) is 6.66. The maximum Gasteiger partial charge on any atom is -0.0269 e. The predicted octanol–water partition coefficient (Wildman–Crippen LogP) is 2.90. The van der Waals surface area contributed by atoms with Crippen LogP contribution in [-0.2, 0) is 6.42 Å². The minimum absolute atomic E-state index is 0.978. The van der Waals surface area contributed by atoms with Gasteiger partial charge in [0, 0.05) is 0 Å². The van der Waals surface area contributed by atoms with E-state index in [4.69, 9.17) is 0 Å². The highest BCUT2D eigenvalue weighted by Gasteiger charge is 1.97. The van der Waals surface area contributed by atoms with Crippen LogP contribution in [0.5, 0.6) is 0 Å². The fourth-order valence-corrected chi connectivity index (χ4v) is 2.24. The van der Waals surface area contributed by atoms with Crippen LogP contribution in [0.25, 0.3) is 0 Å². The molecule has 0 saturated heterocycles. The maximum absolute atomic E-state index is 2.34. The third-order valence-corrected chi connectivity index (χ3v) is 3.51. The molecule has 0 amide bonds. The zero-order valence-corrected chi connectivity index (χ0v) is 7.28. The van der Waals surface area contributed by atoms with E-state index in [0.29, 0.717) is 0 Å². The molecular formula is C8H13P. The normalized spacial score (nSPS) is 11.0. The molecule has 0 aliphatic heterocycles. The molecule has 1 unspecified atom stereocenters. The van der Waals surface area contributed by atoms with E-state index in [-0.39, 0.29) is 0 Å². The first-order chi connectivity index (χ1) is 4.25. The van der Waals surface area contributed by atoms with E-state index in [1.807, 2.05) is 0 Å². The summed E-state index contributed by atoms with van der Waals surface area (Å²) < 4.78 is 0. The van der Waals surface area contributed by atoms with Crippen molar-refractivity contribution in [2.75, 3.05) is 0 Å². The van der Waals surface area contributed by atoms with E-state index < -0.39 is 0 Å². The van der Waals surface area contributed by atoms with Crippen LogP contribution in [0.2, 0.25) is 0 Å². The van der Waals surface area contributed by atoms with Gasteiger partial charge in [0.2, 0.25) is 0 Å². The van der Waals surface area contributed by atoms with Gasteiger partial charge in [0.05, 0.1) is 0 Å². The van der Waals surface area contributed by atoms with Crippen LogP contribution in [0.1, 0.15) is 23.3 Å². The van der Waals surface area contributed by atoms with Crippen molar-refractivity contribution in [2.45, 2.75) is 27.2 Å². The SMILES string of the molecule is CCc1[pH]cc(C)c1C. The summed E-state index contributed by atoms with van der Waals surface area (Å²) in [5.41, 5.74) is 3.03. The van der Waals surface area contributed by atoms with Crippen LogP contribution >= 0.6 is 8.19 Å². The molecule has 50 valence electrons. The van der Waals surface area contributed by atoms with Gasteiger partial charge in [0.15, 0.2) is 0 Å². The molecule has 0 nitrogen and oxygen atoms in total. The number of aryl methyl sites for hydroxylation is 2. The zero-order valence-electron chi connectivity index (χ0n) is 6.28. The molecular weight excluding hydrogens is 127 g/mol. The van der Waals surface area contributed by atoms with Crippen LogP contribution in [0, 0.1) is 13.8 Å². The Morgan fingerprint density at radius 3 is 2.33 bits per heavy atom. The van der Waals surface area contributed by atoms with E-state index in [1.165, 1.54) is 17.5 Å². The average molecular weight is 140 g/mol. The minimum Gasteiger partial charge on any atom is -0.136 e. The van der Waals surface area contributed by atoms with E-state index in [1.54, 1.807) is 5.30 Å². The van der Waals surface area contributed by atoms with Gasteiger partial charge < -0.3 is 0 Å². The second-order valence-electron chi connectivity index (χ2n) is 2.43. The molecule has 1 rings (SSSR count). The lowest BCUT2D eigenvalue weighted by atomic mass is 10.2. The highest BCUT2D eigenvalue weighted by atomic mass is 31.0. The first kappa shape index (κ1) is 6.89. The molecule has 1 heterocycles. The van der Waals surface area contributed by atoms with E-state index in [2.05, 4.69) is 26.6 Å². The van der Waals surface area contributed by atoms with Crippen molar-refractivity contribution in [3.8, 4) is 0 Å². The Morgan fingerprint density at radius 2 is 2.11 bits per heavy atom. The monoisotopic (exact) mass is 140 g/mol. The largest absolute Gasteiger partial charge is 0.136 e. The van der Waals surface area contributed by atoms with Gasteiger partial charge in [0.1, 0.15) is 0 Å². The Morgan fingerprint density at radius 1 is 1.44 bits per heavy atom. The summed E-state index contributed by atoms with van der Waals surface area (Å²) >= 11 is 0. The molecule has 1 atom stereocenters. The van der Waals surface area contributed by atoms with Gasteiger partial charge in [-0.3, -0.25) is 0 Å². The third-order valence-electron chi connectivity index (χ3n) is 1.86. The molecule has 0 fully saturated rings. The average Bonchev–Trinajstić information content (AvgIpc) is 2.15. The quantitative estimate of drug-likeness (QED) is 0.562. The molecule has 0 bridgehead atoms. The van der Waals surface area contributed by atoms with Crippen LogP contribution in [0.15, 0.2) is 5.80 Å². The van der Waals surface area contributed by atoms with Crippen molar-refractivity contribution < 1.29 is 0 Å². The molecule has 0 spiro atoms. The molecule has 0 aliphatic rings. The van der Waals surface area contributed by atoms with Crippen LogP contribution in [0.4, 0.5) is 0 Å². The Kier molecular flexibility index (Phi) is 1.97. The summed E-state index contributed by atoms with van der Waals surface area (Å²) in [6, 6.07) is 0. The Hall–Kier alpha value is -0.220. The van der Waals surface area contributed by atoms with Crippen LogP contribution < -0.4 is 0 Å². The molecule has 0 N–H and O–H groups in total. The van der Waals surface area contributed by atoms with Gasteiger partial charge in [-0.15, -0.1) is 8.19 Å². The summed E-state index contributed by atoms with van der Waals surface area (Å²) in [4.78, 5) is 0. The van der Waals surface area contributed by atoms with Gasteiger partial charge in [0.25, 0.3) is 0 Å². The number of rotatable bonds is 1. The van der Waals surface area contributed by atoms with Crippen molar-refractivity contribution in [3.05, 3.63) is 22.2 Å². The van der Waals surface area contributed by atoms with Crippen molar-refractivity contribution in [1.82, 2.24) is 0 Å². The standard InChI is InChI=1S/C8H13P/c1-4-8-7(3)6(2)5-9-8/h5,9H,4H2,1-3H3. The molecule has 0 aromatic carbocycles. The smallest absolute Gasteiger partial charge is 0.0269 e. The summed E-state index contributed by atoms with van der Waals surface area (Å²) in [6.07, 6.45) is 1.23. The molecule has 0 aliphatic carbocycles. The summed E-state index contributed by atoms with van der Waals surface area (Å²) in [5, 5.41) is 1.65. The Labute approximate surface area is 58.4 Å².